The van der Waals surface area contributed by atoms with E-state index < -0.39 is 24.0 Å². The summed E-state index contributed by atoms with van der Waals surface area (Å²) >= 11 is 5.95. The van der Waals surface area contributed by atoms with Gasteiger partial charge >= 0.3 is 12.0 Å². The van der Waals surface area contributed by atoms with Gasteiger partial charge in [0.15, 0.2) is 6.10 Å². The van der Waals surface area contributed by atoms with E-state index in [-0.39, 0.29) is 12.5 Å². The van der Waals surface area contributed by atoms with E-state index in [1.807, 2.05) is 0 Å². The molecule has 1 atom stereocenters. The van der Waals surface area contributed by atoms with Crippen LogP contribution in [0.2, 0.25) is 5.02 Å². The highest BCUT2D eigenvalue weighted by atomic mass is 35.5. The Hall–Kier alpha value is -2.08. The van der Waals surface area contributed by atoms with Crippen molar-refractivity contribution in [2.24, 2.45) is 0 Å². The topological polar surface area (TPSA) is 84.5 Å². The van der Waals surface area contributed by atoms with Gasteiger partial charge in [-0.25, -0.2) is 4.79 Å². The van der Waals surface area contributed by atoms with Gasteiger partial charge in [0, 0.05) is 11.1 Å². The largest absolute Gasteiger partial charge is 0.452 e. The van der Waals surface area contributed by atoms with Gasteiger partial charge in [-0.3, -0.25) is 14.9 Å². The second-order valence-corrected chi connectivity index (χ2v) is 5.54. The van der Waals surface area contributed by atoms with Crippen LogP contribution in [0, 0.1) is 0 Å². The van der Waals surface area contributed by atoms with Gasteiger partial charge < -0.3 is 10.1 Å². The zero-order chi connectivity index (χ0) is 16.1. The molecule has 0 saturated heterocycles. The number of nitrogens with one attached hydrogen (secondary N) is 2. The number of rotatable bonds is 5. The number of imide groups is 1. The number of ether oxygens (including phenoxy) is 1. The minimum atomic E-state index is -1.06. The zero-order valence-electron chi connectivity index (χ0n) is 12.1. The fourth-order valence-electron chi connectivity index (χ4n) is 1.75. The first-order chi connectivity index (χ1) is 10.5. The molecule has 7 heteroatoms. The average Bonchev–Trinajstić information content (AvgIpc) is 3.25. The Morgan fingerprint density at radius 1 is 1.32 bits per heavy atom. The van der Waals surface area contributed by atoms with Gasteiger partial charge in [0.2, 0.25) is 0 Å². The molecule has 1 aromatic rings. The molecule has 0 heterocycles. The first kappa shape index (κ1) is 16.3. The highest BCUT2D eigenvalue weighted by Crippen LogP contribution is 2.18. The summed E-state index contributed by atoms with van der Waals surface area (Å²) in [6.07, 6.45) is 0.749. The number of carbonyl (C=O) groups excluding carboxylic acids is 3. The molecular formula is C15H17ClN2O4. The molecule has 22 heavy (non-hydrogen) atoms. The second kappa shape index (κ2) is 7.26. The van der Waals surface area contributed by atoms with Gasteiger partial charge in [-0.05, 0) is 31.4 Å². The van der Waals surface area contributed by atoms with Crippen LogP contribution in [0.5, 0.6) is 0 Å². The predicted molar refractivity (Wildman–Crippen MR) is 80.4 cm³/mol. The molecule has 1 aliphatic rings. The van der Waals surface area contributed by atoms with Gasteiger partial charge in [-0.15, -0.1) is 0 Å². The quantitative estimate of drug-likeness (QED) is 0.809. The second-order valence-electron chi connectivity index (χ2n) is 5.14. The maximum absolute atomic E-state index is 11.8. The molecule has 0 bridgehead atoms. The molecule has 0 radical (unpaired) electrons. The summed E-state index contributed by atoms with van der Waals surface area (Å²) in [5, 5.41) is 5.21. The molecule has 1 aromatic carbocycles. The lowest BCUT2D eigenvalue weighted by Crippen LogP contribution is -2.45. The number of urea groups is 1. The van der Waals surface area contributed by atoms with E-state index in [1.165, 1.54) is 6.92 Å². The number of benzene rings is 1. The molecule has 1 saturated carbocycles. The van der Waals surface area contributed by atoms with Crippen LogP contribution in [0.15, 0.2) is 24.3 Å². The van der Waals surface area contributed by atoms with Crippen LogP contribution in [0.3, 0.4) is 0 Å². The third-order valence-corrected chi connectivity index (χ3v) is 3.49. The molecule has 1 aliphatic carbocycles. The molecule has 2 rings (SSSR count). The Morgan fingerprint density at radius 3 is 2.64 bits per heavy atom. The zero-order valence-corrected chi connectivity index (χ0v) is 12.9. The number of hydrogen-bond donors (Lipinski definition) is 2. The number of amides is 3. The van der Waals surface area contributed by atoms with Crippen LogP contribution in [0.1, 0.15) is 25.3 Å². The molecule has 2 N–H and O–H groups in total. The normalized spacial score (nSPS) is 14.8. The summed E-state index contributed by atoms with van der Waals surface area (Å²) < 4.78 is 5.00. The summed E-state index contributed by atoms with van der Waals surface area (Å²) in [7, 11) is 0. The molecule has 1 unspecified atom stereocenters. The third kappa shape index (κ3) is 5.04. The average molecular weight is 325 g/mol. The van der Waals surface area contributed by atoms with E-state index in [9.17, 15) is 14.4 Å². The van der Waals surface area contributed by atoms with Crippen molar-refractivity contribution >= 4 is 29.5 Å². The highest BCUT2D eigenvalue weighted by Gasteiger charge is 2.26. The molecule has 1 fully saturated rings. The lowest BCUT2D eigenvalue weighted by molar-refractivity contribution is -0.153. The van der Waals surface area contributed by atoms with Crippen molar-refractivity contribution in [2.45, 2.75) is 38.3 Å². The molecule has 0 aliphatic heterocycles. The fourth-order valence-corrected chi connectivity index (χ4v) is 1.95. The van der Waals surface area contributed by atoms with Crippen LogP contribution in [0.25, 0.3) is 0 Å². The van der Waals surface area contributed by atoms with E-state index in [1.54, 1.807) is 24.3 Å². The van der Waals surface area contributed by atoms with Crippen LogP contribution >= 0.6 is 11.6 Å². The number of carbonyl (C=O) groups is 3. The summed E-state index contributed by atoms with van der Waals surface area (Å²) in [5.41, 5.74) is 0.619. The van der Waals surface area contributed by atoms with Crippen LogP contribution in [0.4, 0.5) is 4.79 Å². The SMILES string of the molecule is CC(OC(=O)Cc1ccccc1Cl)C(=O)NC(=O)NC1CC1. The van der Waals surface area contributed by atoms with E-state index in [2.05, 4.69) is 10.6 Å². The highest BCUT2D eigenvalue weighted by molar-refractivity contribution is 6.31. The van der Waals surface area contributed by atoms with Gasteiger partial charge in [0.1, 0.15) is 0 Å². The summed E-state index contributed by atoms with van der Waals surface area (Å²) in [5.74, 6) is -1.25. The van der Waals surface area contributed by atoms with Crippen molar-refractivity contribution in [2.75, 3.05) is 0 Å². The van der Waals surface area contributed by atoms with Gasteiger partial charge in [-0.2, -0.15) is 0 Å². The minimum Gasteiger partial charge on any atom is -0.452 e. The van der Waals surface area contributed by atoms with Crippen molar-refractivity contribution in [1.29, 1.82) is 0 Å². The van der Waals surface area contributed by atoms with Crippen molar-refractivity contribution in [3.8, 4) is 0 Å². The Balaban J connectivity index is 1.78. The Bertz CT molecular complexity index is 587. The molecule has 118 valence electrons. The number of hydrogen-bond acceptors (Lipinski definition) is 4. The molecule has 0 spiro atoms. The lowest BCUT2D eigenvalue weighted by Gasteiger charge is -2.13. The first-order valence-corrected chi connectivity index (χ1v) is 7.37. The van der Waals surface area contributed by atoms with E-state index in [0.29, 0.717) is 10.6 Å². The maximum Gasteiger partial charge on any atom is 0.321 e. The van der Waals surface area contributed by atoms with E-state index in [4.69, 9.17) is 16.3 Å². The van der Waals surface area contributed by atoms with Crippen molar-refractivity contribution < 1.29 is 19.1 Å². The lowest BCUT2D eigenvalue weighted by atomic mass is 10.1. The maximum atomic E-state index is 11.8. The van der Waals surface area contributed by atoms with Crippen LogP contribution in [-0.4, -0.2) is 30.1 Å². The monoisotopic (exact) mass is 324 g/mol. The molecule has 3 amide bonds. The van der Waals surface area contributed by atoms with Crippen molar-refractivity contribution in [1.82, 2.24) is 10.6 Å². The Morgan fingerprint density at radius 2 is 2.00 bits per heavy atom. The molecule has 6 nitrogen and oxygen atoms in total. The number of esters is 1. The van der Waals surface area contributed by atoms with Crippen LogP contribution in [-0.2, 0) is 20.7 Å². The first-order valence-electron chi connectivity index (χ1n) is 7.00. The number of halogens is 1. The van der Waals surface area contributed by atoms with Crippen LogP contribution < -0.4 is 10.6 Å². The smallest absolute Gasteiger partial charge is 0.321 e. The van der Waals surface area contributed by atoms with E-state index >= 15 is 0 Å². The standard InChI is InChI=1S/C15H17ClN2O4/c1-9(14(20)18-15(21)17-11-6-7-11)22-13(19)8-10-4-2-3-5-12(10)16/h2-5,9,11H,6-8H2,1H3,(H2,17,18,20,21). The van der Waals surface area contributed by atoms with Crippen molar-refractivity contribution in [3.05, 3.63) is 34.9 Å². The summed E-state index contributed by atoms with van der Waals surface area (Å²) in [4.78, 5) is 35.0. The minimum absolute atomic E-state index is 0.0361. The van der Waals surface area contributed by atoms with Gasteiger partial charge in [0.05, 0.1) is 6.42 Å². The Labute approximate surface area is 133 Å². The predicted octanol–water partition coefficient (Wildman–Crippen LogP) is 1.80. The third-order valence-electron chi connectivity index (χ3n) is 3.12. The van der Waals surface area contributed by atoms with Gasteiger partial charge in [-0.1, -0.05) is 29.8 Å². The molecule has 0 aromatic heterocycles. The van der Waals surface area contributed by atoms with Crippen molar-refractivity contribution in [3.63, 3.8) is 0 Å². The Kier molecular flexibility index (Phi) is 5.38. The summed E-state index contributed by atoms with van der Waals surface area (Å²) in [6.45, 7) is 1.41. The fraction of sp³-hybridized carbons (Fsp3) is 0.400. The van der Waals surface area contributed by atoms with Gasteiger partial charge in [0.25, 0.3) is 5.91 Å². The summed E-state index contributed by atoms with van der Waals surface area (Å²) in [6, 6.07) is 6.46. The molecular weight excluding hydrogens is 308 g/mol. The van der Waals surface area contributed by atoms with E-state index in [0.717, 1.165) is 12.8 Å².